The SMILES string of the molecule is C=C(CC(NC(=O)c1ccccc1)C(=O)OC)C(=O)OCC. The van der Waals surface area contributed by atoms with E-state index in [1.54, 1.807) is 37.3 Å². The number of carbonyl (C=O) groups excluding carboxylic acids is 3. The van der Waals surface area contributed by atoms with Crippen molar-refractivity contribution in [2.45, 2.75) is 19.4 Å². The summed E-state index contributed by atoms with van der Waals surface area (Å²) in [5.41, 5.74) is 0.490. The Hall–Kier alpha value is -2.63. The van der Waals surface area contributed by atoms with Crippen LogP contribution in [-0.2, 0) is 19.1 Å². The predicted molar refractivity (Wildman–Crippen MR) is 80.1 cm³/mol. The molecule has 0 fully saturated rings. The van der Waals surface area contributed by atoms with Crippen molar-refractivity contribution < 1.29 is 23.9 Å². The van der Waals surface area contributed by atoms with Crippen molar-refractivity contribution >= 4 is 17.8 Å². The highest BCUT2D eigenvalue weighted by Crippen LogP contribution is 2.09. The molecule has 0 aliphatic rings. The first-order chi connectivity index (χ1) is 10.5. The summed E-state index contributed by atoms with van der Waals surface area (Å²) in [6.45, 7) is 5.45. The van der Waals surface area contributed by atoms with Crippen LogP contribution in [0.1, 0.15) is 23.7 Å². The third-order valence-corrected chi connectivity index (χ3v) is 2.84. The van der Waals surface area contributed by atoms with Crippen molar-refractivity contribution in [1.82, 2.24) is 5.32 Å². The second-order valence-electron chi connectivity index (χ2n) is 4.44. The molecule has 1 unspecified atom stereocenters. The Labute approximate surface area is 129 Å². The molecule has 6 heteroatoms. The van der Waals surface area contributed by atoms with Gasteiger partial charge in [-0.3, -0.25) is 4.79 Å². The fourth-order valence-corrected chi connectivity index (χ4v) is 1.73. The normalized spacial score (nSPS) is 11.2. The number of carbonyl (C=O) groups is 3. The summed E-state index contributed by atoms with van der Waals surface area (Å²) in [5, 5.41) is 2.53. The van der Waals surface area contributed by atoms with Crippen LogP contribution >= 0.6 is 0 Å². The molecule has 1 amide bonds. The predicted octanol–water partition coefficient (Wildman–Crippen LogP) is 1.47. The van der Waals surface area contributed by atoms with Crippen molar-refractivity contribution in [2.75, 3.05) is 13.7 Å². The minimum absolute atomic E-state index is 0.0793. The van der Waals surface area contributed by atoms with Crippen LogP contribution in [0.5, 0.6) is 0 Å². The van der Waals surface area contributed by atoms with Gasteiger partial charge >= 0.3 is 11.9 Å². The minimum Gasteiger partial charge on any atom is -0.467 e. The highest BCUT2D eigenvalue weighted by molar-refractivity contribution is 5.97. The molecule has 118 valence electrons. The van der Waals surface area contributed by atoms with Crippen LogP contribution in [-0.4, -0.2) is 37.6 Å². The Balaban J connectivity index is 2.77. The Morgan fingerprint density at radius 3 is 2.41 bits per heavy atom. The lowest BCUT2D eigenvalue weighted by Gasteiger charge is -2.17. The molecule has 0 radical (unpaired) electrons. The van der Waals surface area contributed by atoms with Crippen molar-refractivity contribution in [3.05, 3.63) is 48.0 Å². The first-order valence-corrected chi connectivity index (χ1v) is 6.78. The molecule has 0 aliphatic heterocycles. The number of hydrogen-bond donors (Lipinski definition) is 1. The van der Waals surface area contributed by atoms with E-state index in [1.165, 1.54) is 7.11 Å². The lowest BCUT2D eigenvalue weighted by Crippen LogP contribution is -2.42. The molecule has 1 aromatic carbocycles. The zero-order valence-corrected chi connectivity index (χ0v) is 12.6. The molecule has 1 N–H and O–H groups in total. The molecular formula is C16H19NO5. The van der Waals surface area contributed by atoms with Gasteiger partial charge in [0.15, 0.2) is 0 Å². The molecule has 0 aliphatic carbocycles. The number of methoxy groups -OCH3 is 1. The van der Waals surface area contributed by atoms with Crippen LogP contribution < -0.4 is 5.32 Å². The number of nitrogens with one attached hydrogen (secondary N) is 1. The summed E-state index contributed by atoms with van der Waals surface area (Å²) in [4.78, 5) is 35.4. The monoisotopic (exact) mass is 305 g/mol. The van der Waals surface area contributed by atoms with Crippen molar-refractivity contribution in [1.29, 1.82) is 0 Å². The molecule has 0 bridgehead atoms. The number of hydrogen-bond acceptors (Lipinski definition) is 5. The zero-order chi connectivity index (χ0) is 16.5. The summed E-state index contributed by atoms with van der Waals surface area (Å²) in [5.74, 6) is -1.70. The molecule has 1 atom stereocenters. The lowest BCUT2D eigenvalue weighted by atomic mass is 10.1. The quantitative estimate of drug-likeness (QED) is 0.609. The maximum atomic E-state index is 12.1. The van der Waals surface area contributed by atoms with Gasteiger partial charge in [-0.25, -0.2) is 9.59 Å². The van der Waals surface area contributed by atoms with E-state index in [-0.39, 0.29) is 18.6 Å². The maximum Gasteiger partial charge on any atom is 0.333 e. The van der Waals surface area contributed by atoms with E-state index in [9.17, 15) is 14.4 Å². The third kappa shape index (κ3) is 5.05. The average molecular weight is 305 g/mol. The smallest absolute Gasteiger partial charge is 0.333 e. The van der Waals surface area contributed by atoms with E-state index in [0.717, 1.165) is 0 Å². The second kappa shape index (κ2) is 8.61. The van der Waals surface area contributed by atoms with Gasteiger partial charge in [-0.2, -0.15) is 0 Å². The molecular weight excluding hydrogens is 286 g/mol. The number of esters is 2. The molecule has 0 saturated carbocycles. The molecule has 22 heavy (non-hydrogen) atoms. The zero-order valence-electron chi connectivity index (χ0n) is 12.6. The first kappa shape index (κ1) is 17.4. The van der Waals surface area contributed by atoms with E-state index in [2.05, 4.69) is 16.6 Å². The minimum atomic E-state index is -1.00. The Morgan fingerprint density at radius 1 is 1.23 bits per heavy atom. The molecule has 0 spiro atoms. The van der Waals surface area contributed by atoms with Gasteiger partial charge in [0, 0.05) is 17.6 Å². The summed E-state index contributed by atoms with van der Waals surface area (Å²) >= 11 is 0. The highest BCUT2D eigenvalue weighted by atomic mass is 16.5. The van der Waals surface area contributed by atoms with E-state index < -0.39 is 23.9 Å². The van der Waals surface area contributed by atoms with Gasteiger partial charge in [0.2, 0.25) is 0 Å². The van der Waals surface area contributed by atoms with Crippen LogP contribution in [0.15, 0.2) is 42.5 Å². The summed E-state index contributed by atoms with van der Waals surface area (Å²) in [6.07, 6.45) is -0.0793. The van der Waals surface area contributed by atoms with Crippen molar-refractivity contribution in [2.24, 2.45) is 0 Å². The topological polar surface area (TPSA) is 81.7 Å². The molecule has 0 heterocycles. The number of amides is 1. The fourth-order valence-electron chi connectivity index (χ4n) is 1.73. The van der Waals surface area contributed by atoms with Crippen LogP contribution in [0.25, 0.3) is 0 Å². The van der Waals surface area contributed by atoms with E-state index in [0.29, 0.717) is 5.56 Å². The molecule has 6 nitrogen and oxygen atoms in total. The molecule has 0 saturated heterocycles. The Kier molecular flexibility index (Phi) is 6.82. The molecule has 0 aromatic heterocycles. The van der Waals surface area contributed by atoms with Gasteiger partial charge in [-0.15, -0.1) is 0 Å². The van der Waals surface area contributed by atoms with Crippen LogP contribution in [0, 0.1) is 0 Å². The van der Waals surface area contributed by atoms with Gasteiger partial charge in [0.25, 0.3) is 5.91 Å². The van der Waals surface area contributed by atoms with E-state index >= 15 is 0 Å². The van der Waals surface area contributed by atoms with Crippen LogP contribution in [0.4, 0.5) is 0 Å². The van der Waals surface area contributed by atoms with Crippen LogP contribution in [0.3, 0.4) is 0 Å². The maximum absolute atomic E-state index is 12.1. The van der Waals surface area contributed by atoms with Gasteiger partial charge in [0.05, 0.1) is 13.7 Å². The van der Waals surface area contributed by atoms with Gasteiger partial charge < -0.3 is 14.8 Å². The Bertz CT molecular complexity index is 553. The van der Waals surface area contributed by atoms with Crippen molar-refractivity contribution in [3.63, 3.8) is 0 Å². The molecule has 1 aromatic rings. The van der Waals surface area contributed by atoms with Gasteiger partial charge in [-0.1, -0.05) is 24.8 Å². The lowest BCUT2D eigenvalue weighted by molar-refractivity contribution is -0.143. The summed E-state index contributed by atoms with van der Waals surface area (Å²) in [6, 6.07) is 7.42. The van der Waals surface area contributed by atoms with E-state index in [1.807, 2.05) is 0 Å². The number of rotatable bonds is 7. The number of ether oxygens (including phenoxy) is 2. The van der Waals surface area contributed by atoms with E-state index in [4.69, 9.17) is 4.74 Å². The van der Waals surface area contributed by atoms with Gasteiger partial charge in [0.1, 0.15) is 6.04 Å². The molecule has 1 rings (SSSR count). The average Bonchev–Trinajstić information content (AvgIpc) is 2.54. The fraction of sp³-hybridized carbons (Fsp3) is 0.312. The van der Waals surface area contributed by atoms with Gasteiger partial charge in [-0.05, 0) is 19.1 Å². The number of benzene rings is 1. The Morgan fingerprint density at radius 2 is 1.86 bits per heavy atom. The second-order valence-corrected chi connectivity index (χ2v) is 4.44. The highest BCUT2D eigenvalue weighted by Gasteiger charge is 2.25. The summed E-state index contributed by atoms with van der Waals surface area (Å²) < 4.78 is 9.45. The third-order valence-electron chi connectivity index (χ3n) is 2.84. The largest absolute Gasteiger partial charge is 0.467 e. The van der Waals surface area contributed by atoms with Crippen molar-refractivity contribution in [3.8, 4) is 0 Å². The van der Waals surface area contributed by atoms with Crippen LogP contribution in [0.2, 0.25) is 0 Å². The summed E-state index contributed by atoms with van der Waals surface area (Å²) in [7, 11) is 1.21. The standard InChI is InChI=1S/C16H19NO5/c1-4-22-15(19)11(2)10-13(16(20)21-3)17-14(18)12-8-6-5-7-9-12/h5-9,13H,2,4,10H2,1,3H3,(H,17,18). The first-order valence-electron chi connectivity index (χ1n) is 6.78.